The Balaban J connectivity index is 2.95. The maximum Gasteiger partial charge on any atom is 0.0728 e. The van der Waals surface area contributed by atoms with Crippen molar-refractivity contribution in [3.63, 3.8) is 0 Å². The largest absolute Gasteiger partial charge is 0.397 e. The molecule has 72 valence electrons. The van der Waals surface area contributed by atoms with Crippen LogP contribution in [-0.4, -0.2) is 4.98 Å². The van der Waals surface area contributed by atoms with Crippen molar-refractivity contribution in [3.8, 4) is 0 Å². The summed E-state index contributed by atoms with van der Waals surface area (Å²) in [5, 5.41) is 1.05. The van der Waals surface area contributed by atoms with Gasteiger partial charge in [-0.1, -0.05) is 6.07 Å². The van der Waals surface area contributed by atoms with E-state index < -0.39 is 0 Å². The highest BCUT2D eigenvalue weighted by Crippen LogP contribution is 2.30. The third-order valence-electron chi connectivity index (χ3n) is 2.30. The Morgan fingerprint density at radius 2 is 2.00 bits per heavy atom. The van der Waals surface area contributed by atoms with E-state index in [9.17, 15) is 0 Å². The van der Waals surface area contributed by atoms with E-state index in [1.54, 1.807) is 6.20 Å². The molecule has 2 N–H and O–H groups in total. The van der Waals surface area contributed by atoms with E-state index in [4.69, 9.17) is 5.73 Å². The lowest BCUT2D eigenvalue weighted by Crippen LogP contribution is -1.93. The molecule has 14 heavy (non-hydrogen) atoms. The molecule has 0 saturated heterocycles. The Kier molecular flexibility index (Phi) is 2.19. The highest BCUT2D eigenvalue weighted by atomic mass is 79.9. The first-order chi connectivity index (χ1) is 6.59. The van der Waals surface area contributed by atoms with E-state index in [1.165, 1.54) is 11.1 Å². The first-order valence-corrected chi connectivity index (χ1v) is 5.20. The van der Waals surface area contributed by atoms with Crippen LogP contribution in [0.15, 0.2) is 22.8 Å². The summed E-state index contributed by atoms with van der Waals surface area (Å²) in [7, 11) is 0. The maximum absolute atomic E-state index is 5.98. The summed E-state index contributed by atoms with van der Waals surface area (Å²) < 4.78 is 0.858. The second-order valence-corrected chi connectivity index (χ2v) is 4.35. The second-order valence-electron chi connectivity index (χ2n) is 3.50. The summed E-state index contributed by atoms with van der Waals surface area (Å²) >= 11 is 3.38. The Morgan fingerprint density at radius 3 is 2.71 bits per heavy atom. The van der Waals surface area contributed by atoms with Crippen LogP contribution in [0, 0.1) is 13.8 Å². The molecule has 0 bridgehead atoms. The van der Waals surface area contributed by atoms with Crippen molar-refractivity contribution in [2.45, 2.75) is 13.8 Å². The summed E-state index contributed by atoms with van der Waals surface area (Å²) in [6, 6.07) is 4.16. The Bertz CT molecular complexity index is 506. The van der Waals surface area contributed by atoms with Crippen LogP contribution in [0.25, 0.3) is 10.9 Å². The fourth-order valence-corrected chi connectivity index (χ4v) is 2.01. The predicted octanol–water partition coefficient (Wildman–Crippen LogP) is 3.20. The Labute approximate surface area is 91.3 Å². The summed E-state index contributed by atoms with van der Waals surface area (Å²) in [5.41, 5.74) is 10.1. The minimum absolute atomic E-state index is 0.771. The minimum Gasteiger partial charge on any atom is -0.397 e. The number of nitrogen functional groups attached to an aromatic ring is 1. The Morgan fingerprint density at radius 1 is 1.29 bits per heavy atom. The van der Waals surface area contributed by atoms with Crippen molar-refractivity contribution < 1.29 is 0 Å². The van der Waals surface area contributed by atoms with Gasteiger partial charge < -0.3 is 5.73 Å². The fourth-order valence-electron chi connectivity index (χ4n) is 1.71. The van der Waals surface area contributed by atoms with Crippen molar-refractivity contribution in [1.82, 2.24) is 4.98 Å². The maximum atomic E-state index is 5.98. The SMILES string of the molecule is Cc1cc(C)c2c(N)c(Br)cnc2c1. The van der Waals surface area contributed by atoms with E-state index >= 15 is 0 Å². The molecule has 0 aliphatic heterocycles. The van der Waals surface area contributed by atoms with Gasteiger partial charge >= 0.3 is 0 Å². The van der Waals surface area contributed by atoms with Crippen LogP contribution in [0.2, 0.25) is 0 Å². The van der Waals surface area contributed by atoms with Crippen molar-refractivity contribution in [3.05, 3.63) is 33.9 Å². The number of benzene rings is 1. The lowest BCUT2D eigenvalue weighted by atomic mass is 10.1. The van der Waals surface area contributed by atoms with Crippen LogP contribution in [0.4, 0.5) is 5.69 Å². The van der Waals surface area contributed by atoms with Crippen LogP contribution in [-0.2, 0) is 0 Å². The quantitative estimate of drug-likeness (QED) is 0.780. The van der Waals surface area contributed by atoms with Crippen LogP contribution >= 0.6 is 15.9 Å². The lowest BCUT2D eigenvalue weighted by Gasteiger charge is -2.07. The van der Waals surface area contributed by atoms with Crippen molar-refractivity contribution in [2.75, 3.05) is 5.73 Å². The van der Waals surface area contributed by atoms with Crippen molar-refractivity contribution in [1.29, 1.82) is 0 Å². The third kappa shape index (κ3) is 1.38. The molecule has 2 rings (SSSR count). The van der Waals surface area contributed by atoms with Gasteiger partial charge in [0.25, 0.3) is 0 Å². The fraction of sp³-hybridized carbons (Fsp3) is 0.182. The molecule has 1 heterocycles. The zero-order valence-corrected chi connectivity index (χ0v) is 9.72. The molecule has 0 radical (unpaired) electrons. The first-order valence-electron chi connectivity index (χ1n) is 4.40. The van der Waals surface area contributed by atoms with Gasteiger partial charge in [0.2, 0.25) is 0 Å². The molecular formula is C11H11BrN2. The number of hydrogen-bond acceptors (Lipinski definition) is 2. The molecule has 0 spiro atoms. The van der Waals surface area contributed by atoms with E-state index in [0.717, 1.165) is 21.1 Å². The molecule has 0 saturated carbocycles. The number of nitrogens with zero attached hydrogens (tertiary/aromatic N) is 1. The second kappa shape index (κ2) is 3.24. The molecular weight excluding hydrogens is 240 g/mol. The summed E-state index contributed by atoms with van der Waals surface area (Å²) in [4.78, 5) is 4.34. The molecule has 0 amide bonds. The number of anilines is 1. The number of aromatic nitrogens is 1. The smallest absolute Gasteiger partial charge is 0.0728 e. The zero-order chi connectivity index (χ0) is 10.3. The van der Waals surface area contributed by atoms with Crippen molar-refractivity contribution >= 4 is 32.5 Å². The molecule has 1 aromatic heterocycles. The summed E-state index contributed by atoms with van der Waals surface area (Å²) in [6.45, 7) is 4.12. The Hall–Kier alpha value is -1.09. The van der Waals surface area contributed by atoms with Gasteiger partial charge in [0.1, 0.15) is 0 Å². The van der Waals surface area contributed by atoms with Gasteiger partial charge in [-0.25, -0.2) is 0 Å². The number of nitrogens with two attached hydrogens (primary N) is 1. The van der Waals surface area contributed by atoms with E-state index in [1.807, 2.05) is 6.07 Å². The molecule has 0 aliphatic carbocycles. The number of rotatable bonds is 0. The van der Waals surface area contributed by atoms with Crippen LogP contribution in [0.3, 0.4) is 0 Å². The van der Waals surface area contributed by atoms with Gasteiger partial charge in [0.05, 0.1) is 15.7 Å². The van der Waals surface area contributed by atoms with Gasteiger partial charge in [-0.3, -0.25) is 4.98 Å². The topological polar surface area (TPSA) is 38.9 Å². The highest BCUT2D eigenvalue weighted by molar-refractivity contribution is 9.10. The van der Waals surface area contributed by atoms with Gasteiger partial charge in [-0.05, 0) is 47.0 Å². The third-order valence-corrected chi connectivity index (χ3v) is 2.93. The molecule has 2 nitrogen and oxygen atoms in total. The summed E-state index contributed by atoms with van der Waals surface area (Å²) in [5.74, 6) is 0. The molecule has 0 unspecified atom stereocenters. The van der Waals surface area contributed by atoms with Gasteiger partial charge in [-0.15, -0.1) is 0 Å². The number of pyridine rings is 1. The van der Waals surface area contributed by atoms with Gasteiger partial charge in [0.15, 0.2) is 0 Å². The summed E-state index contributed by atoms with van der Waals surface area (Å²) in [6.07, 6.45) is 1.75. The van der Waals surface area contributed by atoms with Crippen LogP contribution in [0.1, 0.15) is 11.1 Å². The highest BCUT2D eigenvalue weighted by Gasteiger charge is 2.06. The molecule has 2 aromatic rings. The lowest BCUT2D eigenvalue weighted by molar-refractivity contribution is 1.34. The standard InChI is InChI=1S/C11H11BrN2/c1-6-3-7(2)10-9(4-6)14-5-8(12)11(10)13/h3-5H,1-2H3,(H2,13,14). The average Bonchev–Trinajstić information content (AvgIpc) is 2.10. The van der Waals surface area contributed by atoms with E-state index in [0.29, 0.717) is 0 Å². The van der Waals surface area contributed by atoms with E-state index in [2.05, 4.69) is 40.8 Å². The first kappa shape index (κ1) is 9.46. The van der Waals surface area contributed by atoms with Crippen LogP contribution < -0.4 is 5.73 Å². The number of fused-ring (bicyclic) bond motifs is 1. The minimum atomic E-state index is 0.771. The molecule has 3 heteroatoms. The molecule has 0 fully saturated rings. The van der Waals surface area contributed by atoms with E-state index in [-0.39, 0.29) is 0 Å². The van der Waals surface area contributed by atoms with Crippen molar-refractivity contribution in [2.24, 2.45) is 0 Å². The molecule has 1 aromatic carbocycles. The van der Waals surface area contributed by atoms with Gasteiger partial charge in [-0.2, -0.15) is 0 Å². The molecule has 0 aliphatic rings. The van der Waals surface area contributed by atoms with Gasteiger partial charge in [0, 0.05) is 11.6 Å². The zero-order valence-electron chi connectivity index (χ0n) is 8.13. The normalized spacial score (nSPS) is 10.8. The predicted molar refractivity (Wildman–Crippen MR) is 63.3 cm³/mol. The average molecular weight is 251 g/mol. The number of hydrogen-bond donors (Lipinski definition) is 1. The monoisotopic (exact) mass is 250 g/mol. The number of halogens is 1. The number of aryl methyl sites for hydroxylation is 2. The van der Waals surface area contributed by atoms with Crippen LogP contribution in [0.5, 0.6) is 0 Å². The molecule has 0 atom stereocenters.